The number of ether oxygens (including phenoxy) is 1. The molecule has 0 atom stereocenters. The van der Waals surface area contributed by atoms with E-state index in [2.05, 4.69) is 26.1 Å². The zero-order valence-electron chi connectivity index (χ0n) is 10.3. The van der Waals surface area contributed by atoms with Crippen LogP contribution in [0.15, 0.2) is 0 Å². The number of carbonyl (C=O) groups is 1. The first-order valence-electron chi connectivity index (χ1n) is 5.82. The van der Waals surface area contributed by atoms with Gasteiger partial charge in [-0.1, -0.05) is 0 Å². The molecule has 0 bridgehead atoms. The summed E-state index contributed by atoms with van der Waals surface area (Å²) in [4.78, 5) is 10.9. The maximum absolute atomic E-state index is 10.9. The largest absolute Gasteiger partial charge is 0.373 e. The van der Waals surface area contributed by atoms with E-state index in [0.717, 1.165) is 25.7 Å². The number of rotatable bonds is 2. The number of hydrogen-bond donors (Lipinski definition) is 1. The highest BCUT2D eigenvalue weighted by atomic mass is 16.5. The molecule has 0 aromatic rings. The highest BCUT2D eigenvalue weighted by Crippen LogP contribution is 2.25. The van der Waals surface area contributed by atoms with E-state index in [1.54, 1.807) is 6.92 Å². The maximum Gasteiger partial charge on any atom is 0.217 e. The van der Waals surface area contributed by atoms with Crippen LogP contribution in [-0.2, 0) is 9.53 Å². The normalized spacial score (nSPS) is 27.5. The third kappa shape index (κ3) is 5.17. The van der Waals surface area contributed by atoms with Crippen LogP contribution >= 0.6 is 0 Å². The van der Waals surface area contributed by atoms with Gasteiger partial charge < -0.3 is 10.1 Å². The van der Waals surface area contributed by atoms with Gasteiger partial charge in [0.1, 0.15) is 0 Å². The third-order valence-electron chi connectivity index (χ3n) is 2.60. The van der Waals surface area contributed by atoms with Crippen LogP contribution in [0.5, 0.6) is 0 Å². The van der Waals surface area contributed by atoms with Gasteiger partial charge in [0.15, 0.2) is 0 Å². The molecule has 1 fully saturated rings. The van der Waals surface area contributed by atoms with Crippen molar-refractivity contribution < 1.29 is 9.53 Å². The van der Waals surface area contributed by atoms with E-state index in [4.69, 9.17) is 4.74 Å². The highest BCUT2D eigenvalue weighted by Gasteiger charge is 2.25. The molecule has 15 heavy (non-hydrogen) atoms. The molecule has 1 saturated carbocycles. The Hall–Kier alpha value is -0.570. The highest BCUT2D eigenvalue weighted by molar-refractivity contribution is 5.73. The van der Waals surface area contributed by atoms with E-state index in [-0.39, 0.29) is 11.5 Å². The standard InChI is InChI=1S/C12H23NO2/c1-9(14)13-10-5-7-11(8-6-10)15-12(2,3)4/h10-11H,5-8H2,1-4H3,(H,13,14)/t10-,11+. The Morgan fingerprint density at radius 2 is 1.73 bits per heavy atom. The minimum absolute atomic E-state index is 0.0501. The molecule has 3 nitrogen and oxygen atoms in total. The zero-order chi connectivity index (χ0) is 11.5. The van der Waals surface area contributed by atoms with Crippen molar-refractivity contribution >= 4 is 5.91 Å². The molecule has 88 valence electrons. The average molecular weight is 213 g/mol. The summed E-state index contributed by atoms with van der Waals surface area (Å²) in [5.41, 5.74) is -0.0501. The molecule has 1 aliphatic carbocycles. The van der Waals surface area contributed by atoms with E-state index in [1.807, 2.05) is 0 Å². The van der Waals surface area contributed by atoms with Crippen LogP contribution in [0.25, 0.3) is 0 Å². The summed E-state index contributed by atoms with van der Waals surface area (Å²) < 4.78 is 5.92. The van der Waals surface area contributed by atoms with Gasteiger partial charge in [-0.15, -0.1) is 0 Å². The molecule has 3 heteroatoms. The van der Waals surface area contributed by atoms with Crippen molar-refractivity contribution in [2.24, 2.45) is 0 Å². The Morgan fingerprint density at radius 1 is 1.20 bits per heavy atom. The molecule has 0 aromatic carbocycles. The first-order chi connectivity index (χ1) is 6.87. The van der Waals surface area contributed by atoms with E-state index in [9.17, 15) is 4.79 Å². The molecule has 0 aliphatic heterocycles. The van der Waals surface area contributed by atoms with Gasteiger partial charge >= 0.3 is 0 Å². The van der Waals surface area contributed by atoms with Gasteiger partial charge in [0.2, 0.25) is 5.91 Å². The second-order valence-electron chi connectivity index (χ2n) is 5.40. The number of nitrogens with one attached hydrogen (secondary N) is 1. The third-order valence-corrected chi connectivity index (χ3v) is 2.60. The van der Waals surface area contributed by atoms with Crippen LogP contribution in [-0.4, -0.2) is 23.7 Å². The van der Waals surface area contributed by atoms with Crippen molar-refractivity contribution in [2.45, 2.75) is 71.1 Å². The molecule has 0 radical (unpaired) electrons. The lowest BCUT2D eigenvalue weighted by molar-refractivity contribution is -0.120. The van der Waals surface area contributed by atoms with Crippen LogP contribution in [0.4, 0.5) is 0 Å². The van der Waals surface area contributed by atoms with E-state index in [0.29, 0.717) is 12.1 Å². The van der Waals surface area contributed by atoms with Crippen LogP contribution in [0.2, 0.25) is 0 Å². The van der Waals surface area contributed by atoms with Gasteiger partial charge in [-0.05, 0) is 46.5 Å². The minimum Gasteiger partial charge on any atom is -0.373 e. The number of carbonyl (C=O) groups excluding carboxylic acids is 1. The second-order valence-corrected chi connectivity index (χ2v) is 5.40. The number of amides is 1. The Bertz CT molecular complexity index is 212. The lowest BCUT2D eigenvalue weighted by Gasteiger charge is -2.33. The number of hydrogen-bond acceptors (Lipinski definition) is 2. The summed E-state index contributed by atoms with van der Waals surface area (Å²) in [6, 6.07) is 0.363. The fraction of sp³-hybridized carbons (Fsp3) is 0.917. The summed E-state index contributed by atoms with van der Waals surface area (Å²) in [5.74, 6) is 0.0789. The van der Waals surface area contributed by atoms with Crippen LogP contribution in [0.3, 0.4) is 0 Å². The van der Waals surface area contributed by atoms with Gasteiger partial charge in [-0.2, -0.15) is 0 Å². The Balaban J connectivity index is 2.27. The van der Waals surface area contributed by atoms with Gasteiger partial charge in [0.05, 0.1) is 11.7 Å². The maximum atomic E-state index is 10.9. The Kier molecular flexibility index (Phi) is 4.14. The van der Waals surface area contributed by atoms with Crippen LogP contribution in [0, 0.1) is 0 Å². The zero-order valence-corrected chi connectivity index (χ0v) is 10.3. The smallest absolute Gasteiger partial charge is 0.217 e. The van der Waals surface area contributed by atoms with Crippen molar-refractivity contribution in [3.63, 3.8) is 0 Å². The van der Waals surface area contributed by atoms with Gasteiger partial charge in [0, 0.05) is 13.0 Å². The summed E-state index contributed by atoms with van der Waals surface area (Å²) in [5, 5.41) is 2.97. The Morgan fingerprint density at radius 3 is 2.13 bits per heavy atom. The van der Waals surface area contributed by atoms with Gasteiger partial charge in [0.25, 0.3) is 0 Å². The Labute approximate surface area is 92.6 Å². The fourth-order valence-corrected chi connectivity index (χ4v) is 2.11. The molecule has 0 heterocycles. The monoisotopic (exact) mass is 213 g/mol. The molecular weight excluding hydrogens is 190 g/mol. The molecule has 1 aliphatic rings. The summed E-state index contributed by atoms with van der Waals surface area (Å²) in [6.07, 6.45) is 4.57. The lowest BCUT2D eigenvalue weighted by atomic mass is 9.92. The van der Waals surface area contributed by atoms with Gasteiger partial charge in [-0.3, -0.25) is 4.79 Å². The molecule has 1 amide bonds. The summed E-state index contributed by atoms with van der Waals surface area (Å²) in [7, 11) is 0. The fourth-order valence-electron chi connectivity index (χ4n) is 2.11. The predicted octanol–water partition coefficient (Wildman–Crippen LogP) is 2.25. The molecule has 1 rings (SSSR count). The van der Waals surface area contributed by atoms with E-state index < -0.39 is 0 Å². The quantitative estimate of drug-likeness (QED) is 0.764. The predicted molar refractivity (Wildman–Crippen MR) is 60.7 cm³/mol. The van der Waals surface area contributed by atoms with Crippen molar-refractivity contribution in [3.05, 3.63) is 0 Å². The van der Waals surface area contributed by atoms with Crippen molar-refractivity contribution in [1.82, 2.24) is 5.32 Å². The van der Waals surface area contributed by atoms with Crippen molar-refractivity contribution in [1.29, 1.82) is 0 Å². The van der Waals surface area contributed by atoms with E-state index >= 15 is 0 Å². The molecule has 0 aromatic heterocycles. The van der Waals surface area contributed by atoms with Crippen LogP contribution in [0.1, 0.15) is 53.4 Å². The first-order valence-corrected chi connectivity index (χ1v) is 5.82. The summed E-state index contributed by atoms with van der Waals surface area (Å²) in [6.45, 7) is 7.85. The molecule has 0 unspecified atom stereocenters. The second kappa shape index (κ2) is 4.97. The summed E-state index contributed by atoms with van der Waals surface area (Å²) >= 11 is 0. The lowest BCUT2D eigenvalue weighted by Crippen LogP contribution is -2.39. The molecular formula is C12H23NO2. The molecule has 0 spiro atoms. The first kappa shape index (κ1) is 12.5. The van der Waals surface area contributed by atoms with E-state index in [1.165, 1.54) is 0 Å². The molecule has 1 N–H and O–H groups in total. The molecule has 0 saturated heterocycles. The topological polar surface area (TPSA) is 38.3 Å². The van der Waals surface area contributed by atoms with Crippen LogP contribution < -0.4 is 5.32 Å². The minimum atomic E-state index is -0.0501. The van der Waals surface area contributed by atoms with Crippen molar-refractivity contribution in [2.75, 3.05) is 0 Å². The van der Waals surface area contributed by atoms with Gasteiger partial charge in [-0.25, -0.2) is 0 Å². The average Bonchev–Trinajstić information content (AvgIpc) is 2.05. The SMILES string of the molecule is CC(=O)N[C@H]1CC[C@@H](OC(C)(C)C)CC1. The van der Waals surface area contributed by atoms with Crippen molar-refractivity contribution in [3.8, 4) is 0 Å².